The highest BCUT2D eigenvalue weighted by Gasteiger charge is 2.28. The van der Waals surface area contributed by atoms with Crippen LogP contribution in [0, 0.1) is 0 Å². The number of hydrogen-bond acceptors (Lipinski definition) is 4. The van der Waals surface area contributed by atoms with E-state index in [1.165, 1.54) is 0 Å². The Morgan fingerprint density at radius 3 is 2.61 bits per heavy atom. The van der Waals surface area contributed by atoms with Gasteiger partial charge >= 0.3 is 5.97 Å². The second-order valence-corrected chi connectivity index (χ2v) is 4.87. The van der Waals surface area contributed by atoms with Crippen molar-refractivity contribution in [3.05, 3.63) is 0 Å². The van der Waals surface area contributed by atoms with Gasteiger partial charge in [0.25, 0.3) is 0 Å². The number of nitrogens with zero attached hydrogens (tertiary/aromatic N) is 1. The van der Waals surface area contributed by atoms with Crippen molar-refractivity contribution < 1.29 is 14.3 Å². The van der Waals surface area contributed by atoms with Crippen molar-refractivity contribution >= 4 is 11.9 Å². The molecule has 5 nitrogen and oxygen atoms in total. The van der Waals surface area contributed by atoms with Crippen molar-refractivity contribution in [1.82, 2.24) is 10.2 Å². The quantitative estimate of drug-likeness (QED) is 0.743. The first-order valence-electron chi connectivity index (χ1n) is 6.75. The predicted octanol–water partition coefficient (Wildman–Crippen LogP) is 0.929. The molecule has 0 aromatic heterocycles. The Morgan fingerprint density at radius 1 is 1.39 bits per heavy atom. The average molecular weight is 256 g/mol. The number of carbonyl (C=O) groups excluding carboxylic acids is 2. The molecule has 1 rings (SSSR count). The molecule has 0 aliphatic carbocycles. The van der Waals surface area contributed by atoms with E-state index < -0.39 is 0 Å². The zero-order valence-corrected chi connectivity index (χ0v) is 11.6. The van der Waals surface area contributed by atoms with E-state index >= 15 is 0 Å². The number of ether oxygens (including phenoxy) is 1. The molecule has 1 aliphatic rings. The summed E-state index contributed by atoms with van der Waals surface area (Å²) in [6.07, 6.45) is 3.03. The van der Waals surface area contributed by atoms with Crippen molar-refractivity contribution in [3.8, 4) is 0 Å². The van der Waals surface area contributed by atoms with Gasteiger partial charge in [0, 0.05) is 6.04 Å². The maximum Gasteiger partial charge on any atom is 0.325 e. The van der Waals surface area contributed by atoms with Crippen LogP contribution in [0.5, 0.6) is 0 Å². The van der Waals surface area contributed by atoms with Gasteiger partial charge in [0.15, 0.2) is 0 Å². The van der Waals surface area contributed by atoms with Crippen molar-refractivity contribution in [2.75, 3.05) is 19.7 Å². The molecule has 0 aromatic rings. The van der Waals surface area contributed by atoms with Gasteiger partial charge in [-0.25, -0.2) is 0 Å². The molecular weight excluding hydrogens is 232 g/mol. The standard InChI is InChI=1S/C13H24N2O3/c1-4-18-12(16)9-15(10(2)3)13(17)11-7-5-6-8-14-11/h10-11,14H,4-9H2,1-3H3/t11-/m0/s1. The molecule has 1 aliphatic heterocycles. The molecule has 0 aromatic carbocycles. The van der Waals surface area contributed by atoms with Gasteiger partial charge in [-0.2, -0.15) is 0 Å². The summed E-state index contributed by atoms with van der Waals surface area (Å²) in [6, 6.07) is -0.138. The fourth-order valence-corrected chi connectivity index (χ4v) is 2.12. The van der Waals surface area contributed by atoms with Crippen LogP contribution in [-0.4, -0.2) is 48.6 Å². The van der Waals surface area contributed by atoms with E-state index in [-0.39, 0.29) is 30.5 Å². The fourth-order valence-electron chi connectivity index (χ4n) is 2.12. The molecule has 18 heavy (non-hydrogen) atoms. The maximum atomic E-state index is 12.3. The molecule has 104 valence electrons. The summed E-state index contributed by atoms with van der Waals surface area (Å²) in [7, 11) is 0. The van der Waals surface area contributed by atoms with Crippen LogP contribution in [0.25, 0.3) is 0 Å². The lowest BCUT2D eigenvalue weighted by Crippen LogP contribution is -2.52. The Hall–Kier alpha value is -1.10. The average Bonchev–Trinajstić information content (AvgIpc) is 2.36. The Morgan fingerprint density at radius 2 is 2.11 bits per heavy atom. The van der Waals surface area contributed by atoms with Gasteiger partial charge in [-0.15, -0.1) is 0 Å². The summed E-state index contributed by atoms with van der Waals surface area (Å²) in [6.45, 7) is 6.87. The van der Waals surface area contributed by atoms with E-state index in [0.29, 0.717) is 6.61 Å². The first kappa shape index (κ1) is 15.0. The van der Waals surface area contributed by atoms with Crippen LogP contribution < -0.4 is 5.32 Å². The number of amides is 1. The van der Waals surface area contributed by atoms with Gasteiger partial charge in [-0.1, -0.05) is 6.42 Å². The van der Waals surface area contributed by atoms with Crippen LogP contribution in [0.1, 0.15) is 40.0 Å². The van der Waals surface area contributed by atoms with Gasteiger partial charge in [0.1, 0.15) is 6.54 Å². The van der Waals surface area contributed by atoms with E-state index in [1.54, 1.807) is 11.8 Å². The van der Waals surface area contributed by atoms with Crippen LogP contribution in [-0.2, 0) is 14.3 Å². The second kappa shape index (κ2) is 7.36. The van der Waals surface area contributed by atoms with Crippen LogP contribution in [0.4, 0.5) is 0 Å². The molecule has 1 fully saturated rings. The van der Waals surface area contributed by atoms with Crippen molar-refractivity contribution in [3.63, 3.8) is 0 Å². The number of esters is 1. The SMILES string of the molecule is CCOC(=O)CN(C(=O)[C@@H]1CCCCN1)C(C)C. The van der Waals surface area contributed by atoms with Gasteiger partial charge in [-0.3, -0.25) is 9.59 Å². The van der Waals surface area contributed by atoms with E-state index in [2.05, 4.69) is 5.32 Å². The lowest BCUT2D eigenvalue weighted by atomic mass is 10.0. The predicted molar refractivity (Wildman–Crippen MR) is 69.1 cm³/mol. The number of hydrogen-bond donors (Lipinski definition) is 1. The summed E-state index contributed by atoms with van der Waals surface area (Å²) < 4.78 is 4.91. The molecule has 1 atom stereocenters. The summed E-state index contributed by atoms with van der Waals surface area (Å²) in [4.78, 5) is 25.4. The minimum absolute atomic E-state index is 0.00522. The lowest BCUT2D eigenvalue weighted by Gasteiger charge is -2.32. The molecule has 1 amide bonds. The van der Waals surface area contributed by atoms with E-state index in [4.69, 9.17) is 4.74 Å². The van der Waals surface area contributed by atoms with Crippen LogP contribution in [0.2, 0.25) is 0 Å². The van der Waals surface area contributed by atoms with Crippen molar-refractivity contribution in [1.29, 1.82) is 0 Å². The van der Waals surface area contributed by atoms with E-state index in [0.717, 1.165) is 25.8 Å². The summed E-state index contributed by atoms with van der Waals surface area (Å²) in [5.74, 6) is -0.326. The maximum absolute atomic E-state index is 12.3. The Labute approximate surface area is 109 Å². The normalized spacial score (nSPS) is 19.7. The third-order valence-electron chi connectivity index (χ3n) is 3.12. The Kier molecular flexibility index (Phi) is 6.12. The Bertz CT molecular complexity index is 286. The van der Waals surface area contributed by atoms with Gasteiger partial charge in [0.2, 0.25) is 5.91 Å². The van der Waals surface area contributed by atoms with E-state index in [1.807, 2.05) is 13.8 Å². The Balaban J connectivity index is 2.59. The van der Waals surface area contributed by atoms with Gasteiger partial charge in [0.05, 0.1) is 12.6 Å². The third kappa shape index (κ3) is 4.29. The fraction of sp³-hybridized carbons (Fsp3) is 0.846. The highest BCUT2D eigenvalue weighted by Crippen LogP contribution is 2.12. The summed E-state index contributed by atoms with van der Waals surface area (Å²) in [5.41, 5.74) is 0. The van der Waals surface area contributed by atoms with Crippen molar-refractivity contribution in [2.45, 2.75) is 52.1 Å². The van der Waals surface area contributed by atoms with Gasteiger partial charge < -0.3 is 15.0 Å². The smallest absolute Gasteiger partial charge is 0.325 e. The number of rotatable bonds is 5. The molecule has 0 radical (unpaired) electrons. The van der Waals surface area contributed by atoms with Gasteiger partial charge in [-0.05, 0) is 40.2 Å². The van der Waals surface area contributed by atoms with Crippen LogP contribution in [0.15, 0.2) is 0 Å². The molecule has 1 heterocycles. The molecule has 1 N–H and O–H groups in total. The molecule has 0 unspecified atom stereocenters. The molecule has 0 saturated carbocycles. The van der Waals surface area contributed by atoms with Crippen molar-refractivity contribution in [2.24, 2.45) is 0 Å². The monoisotopic (exact) mass is 256 g/mol. The minimum atomic E-state index is -0.338. The number of piperidine rings is 1. The first-order chi connectivity index (χ1) is 8.56. The zero-order chi connectivity index (χ0) is 13.5. The highest BCUT2D eigenvalue weighted by atomic mass is 16.5. The first-order valence-corrected chi connectivity index (χ1v) is 6.75. The molecule has 0 spiro atoms. The van der Waals surface area contributed by atoms with E-state index in [9.17, 15) is 9.59 Å². The highest BCUT2D eigenvalue weighted by molar-refractivity contribution is 5.86. The molecule has 1 saturated heterocycles. The lowest BCUT2D eigenvalue weighted by molar-refractivity contribution is -0.151. The molecule has 0 bridgehead atoms. The number of nitrogens with one attached hydrogen (secondary N) is 1. The molecular formula is C13H24N2O3. The topological polar surface area (TPSA) is 58.6 Å². The third-order valence-corrected chi connectivity index (χ3v) is 3.12. The minimum Gasteiger partial charge on any atom is -0.465 e. The molecule has 5 heteroatoms. The van der Waals surface area contributed by atoms with Crippen LogP contribution >= 0.6 is 0 Å². The second-order valence-electron chi connectivity index (χ2n) is 4.87. The summed E-state index contributed by atoms with van der Waals surface area (Å²) >= 11 is 0. The van der Waals surface area contributed by atoms with Crippen LogP contribution in [0.3, 0.4) is 0 Å². The largest absolute Gasteiger partial charge is 0.465 e. The zero-order valence-electron chi connectivity index (χ0n) is 11.6. The summed E-state index contributed by atoms with van der Waals surface area (Å²) in [5, 5.41) is 3.22. The number of carbonyl (C=O) groups is 2.